The Labute approximate surface area is 208 Å². The molecule has 5 aliphatic rings. The zero-order valence-electron chi connectivity index (χ0n) is 20.8. The summed E-state index contributed by atoms with van der Waals surface area (Å²) in [6.45, 7) is 5.15. The highest BCUT2D eigenvalue weighted by Crippen LogP contribution is 2.58. The maximum atomic E-state index is 12.8. The van der Waals surface area contributed by atoms with Crippen LogP contribution in [-0.2, 0) is 14.4 Å². The van der Waals surface area contributed by atoms with Gasteiger partial charge in [-0.3, -0.25) is 14.4 Å². The molecule has 0 unspecified atom stereocenters. The number of ketones is 1. The summed E-state index contributed by atoms with van der Waals surface area (Å²) in [5, 5.41) is 16.3. The molecule has 5 rings (SSSR count). The molecule has 35 heavy (non-hydrogen) atoms. The van der Waals surface area contributed by atoms with E-state index in [0.717, 1.165) is 18.3 Å². The number of fused-ring (bicyclic) bond motifs is 7. The van der Waals surface area contributed by atoms with Crippen molar-refractivity contribution >= 4 is 17.6 Å². The minimum Gasteiger partial charge on any atom is -0.507 e. The molecular formula is C29H38N2O4. The summed E-state index contributed by atoms with van der Waals surface area (Å²) in [5.41, 5.74) is -0.139. The maximum absolute atomic E-state index is 12.8. The van der Waals surface area contributed by atoms with Gasteiger partial charge in [0.25, 0.3) is 5.91 Å². The third-order valence-electron chi connectivity index (χ3n) is 9.42. The van der Waals surface area contributed by atoms with Gasteiger partial charge in [0.1, 0.15) is 11.3 Å². The summed E-state index contributed by atoms with van der Waals surface area (Å²) in [6, 6.07) is -0.641. The van der Waals surface area contributed by atoms with Crippen LogP contribution in [0, 0.1) is 47.3 Å². The Kier molecular flexibility index (Phi) is 6.73. The van der Waals surface area contributed by atoms with Crippen LogP contribution in [0.25, 0.3) is 0 Å². The van der Waals surface area contributed by atoms with Crippen LogP contribution in [-0.4, -0.2) is 35.3 Å². The standard InChI is InChI=1S/C29H38N2O4/c1-3-18-16(2)14-22-20(18)10-11-21-19-6-4-8-26(33)30-13-5-7-24-28(34)27(29(35)31-24)25(32)12-9-17(19)15-23(21)22/h4,6,9-12,16-24,32H,3,5,7-8,13-15H2,1-2H3,(H,30,33)(H,31,35)/t16-,17-,18-,19+,20+,21-,22+,23+,24+/m1/s1. The minimum absolute atomic E-state index is 0.0235. The Balaban J connectivity index is 1.46. The van der Waals surface area contributed by atoms with Crippen LogP contribution in [0.15, 0.2) is 47.8 Å². The molecular weight excluding hydrogens is 440 g/mol. The van der Waals surface area contributed by atoms with Gasteiger partial charge in [0, 0.05) is 13.0 Å². The normalized spacial score (nSPS) is 41.4. The SMILES string of the molecule is CC[C@H]1[C@@H]2C=C[C@@H]3[C@H]4C=CCC(=O)NCCC[C@@H]5NC(=O)C(=C(O)C=C[C@@H]4C[C@@H]3[C@H]2C[C@H]1C)C5=O. The largest absolute Gasteiger partial charge is 0.507 e. The van der Waals surface area contributed by atoms with Crippen molar-refractivity contribution in [3.63, 3.8) is 0 Å². The van der Waals surface area contributed by atoms with Crippen LogP contribution in [0.4, 0.5) is 0 Å². The zero-order chi connectivity index (χ0) is 24.7. The minimum atomic E-state index is -0.641. The van der Waals surface area contributed by atoms with Crippen LogP contribution in [0.1, 0.15) is 52.4 Å². The fourth-order valence-electron chi connectivity index (χ4n) is 7.81. The molecule has 188 valence electrons. The topological polar surface area (TPSA) is 95.5 Å². The Morgan fingerprint density at radius 3 is 2.57 bits per heavy atom. The molecule has 0 aromatic rings. The van der Waals surface area contributed by atoms with Crippen LogP contribution >= 0.6 is 0 Å². The van der Waals surface area contributed by atoms with E-state index >= 15 is 0 Å². The zero-order valence-corrected chi connectivity index (χ0v) is 20.8. The average molecular weight is 479 g/mol. The number of Topliss-reactive ketones (excluding diaryl/α,β-unsaturated/α-hetero) is 1. The van der Waals surface area contributed by atoms with Gasteiger partial charge in [-0.1, -0.05) is 50.6 Å². The molecule has 0 aromatic heterocycles. The number of carbonyl (C=O) groups excluding carboxylic acids is 3. The van der Waals surface area contributed by atoms with Gasteiger partial charge in [0.15, 0.2) is 5.78 Å². The number of nitrogens with one attached hydrogen (secondary N) is 2. The van der Waals surface area contributed by atoms with E-state index in [1.165, 1.54) is 12.8 Å². The first-order valence-electron chi connectivity index (χ1n) is 13.5. The van der Waals surface area contributed by atoms with Crippen molar-refractivity contribution < 1.29 is 19.5 Å². The number of carbonyl (C=O) groups is 3. The van der Waals surface area contributed by atoms with Gasteiger partial charge < -0.3 is 15.7 Å². The molecule has 2 aliphatic heterocycles. The average Bonchev–Trinajstić information content (AvgIpc) is 3.44. The lowest BCUT2D eigenvalue weighted by Gasteiger charge is -2.35. The summed E-state index contributed by atoms with van der Waals surface area (Å²) >= 11 is 0. The second kappa shape index (κ2) is 9.79. The molecule has 9 atom stereocenters. The van der Waals surface area contributed by atoms with E-state index in [9.17, 15) is 19.5 Å². The number of aliphatic hydroxyl groups is 1. The van der Waals surface area contributed by atoms with Gasteiger partial charge in [-0.2, -0.15) is 0 Å². The first-order chi connectivity index (χ1) is 16.9. The Bertz CT molecular complexity index is 1010. The summed E-state index contributed by atoms with van der Waals surface area (Å²) in [7, 11) is 0. The number of hydrogen-bond donors (Lipinski definition) is 3. The van der Waals surface area contributed by atoms with Crippen molar-refractivity contribution in [2.75, 3.05) is 6.54 Å². The van der Waals surface area contributed by atoms with E-state index in [-0.39, 0.29) is 34.9 Å². The Morgan fingerprint density at radius 2 is 1.77 bits per heavy atom. The molecule has 3 N–H and O–H groups in total. The highest BCUT2D eigenvalue weighted by molar-refractivity contribution is 6.27. The van der Waals surface area contributed by atoms with Crippen molar-refractivity contribution in [3.05, 3.63) is 47.8 Å². The molecule has 0 radical (unpaired) electrons. The number of rotatable bonds is 1. The van der Waals surface area contributed by atoms with E-state index in [4.69, 9.17) is 0 Å². The third kappa shape index (κ3) is 4.41. The number of amides is 2. The number of hydrogen-bond acceptors (Lipinski definition) is 4. The lowest BCUT2D eigenvalue weighted by atomic mass is 9.70. The predicted octanol–water partition coefficient (Wildman–Crippen LogP) is 4.02. The molecule has 0 spiro atoms. The van der Waals surface area contributed by atoms with Gasteiger partial charge in [-0.05, 0) is 79.1 Å². The fourth-order valence-corrected chi connectivity index (χ4v) is 7.81. The van der Waals surface area contributed by atoms with Crippen molar-refractivity contribution in [1.29, 1.82) is 0 Å². The second-order valence-corrected chi connectivity index (χ2v) is 11.3. The molecule has 2 bridgehead atoms. The maximum Gasteiger partial charge on any atom is 0.259 e. The van der Waals surface area contributed by atoms with E-state index in [1.54, 1.807) is 6.08 Å². The summed E-state index contributed by atoms with van der Waals surface area (Å²) in [6.07, 6.45) is 17.5. The number of aliphatic hydroxyl groups excluding tert-OH is 1. The molecule has 3 aliphatic carbocycles. The first-order valence-corrected chi connectivity index (χ1v) is 13.5. The van der Waals surface area contributed by atoms with Crippen molar-refractivity contribution in [2.24, 2.45) is 47.3 Å². The highest BCUT2D eigenvalue weighted by Gasteiger charge is 2.51. The molecule has 6 heteroatoms. The molecule has 3 fully saturated rings. The predicted molar refractivity (Wildman–Crippen MR) is 134 cm³/mol. The van der Waals surface area contributed by atoms with Crippen molar-refractivity contribution in [2.45, 2.75) is 58.4 Å². The molecule has 1 saturated heterocycles. The van der Waals surface area contributed by atoms with Gasteiger partial charge in [-0.25, -0.2) is 0 Å². The lowest BCUT2D eigenvalue weighted by Crippen LogP contribution is -2.31. The molecule has 2 saturated carbocycles. The van der Waals surface area contributed by atoms with Crippen LogP contribution in [0.3, 0.4) is 0 Å². The molecule has 2 heterocycles. The summed E-state index contributed by atoms with van der Waals surface area (Å²) < 4.78 is 0. The smallest absolute Gasteiger partial charge is 0.259 e. The summed E-state index contributed by atoms with van der Waals surface area (Å²) in [5.74, 6) is 3.04. The van der Waals surface area contributed by atoms with E-state index in [1.807, 2.05) is 12.2 Å². The Morgan fingerprint density at radius 1 is 1.00 bits per heavy atom. The molecule has 2 amide bonds. The van der Waals surface area contributed by atoms with Crippen LogP contribution in [0.5, 0.6) is 0 Å². The van der Waals surface area contributed by atoms with Gasteiger partial charge in [0.05, 0.1) is 6.04 Å². The van der Waals surface area contributed by atoms with E-state index in [0.29, 0.717) is 49.5 Å². The fraction of sp³-hybridized carbons (Fsp3) is 0.621. The number of allylic oxidation sites excluding steroid dienone is 5. The monoisotopic (exact) mass is 478 g/mol. The van der Waals surface area contributed by atoms with E-state index < -0.39 is 11.9 Å². The van der Waals surface area contributed by atoms with Crippen LogP contribution in [0.2, 0.25) is 0 Å². The quantitative estimate of drug-likeness (QED) is 0.392. The molecule has 6 nitrogen and oxygen atoms in total. The van der Waals surface area contributed by atoms with Crippen molar-refractivity contribution in [1.82, 2.24) is 10.6 Å². The van der Waals surface area contributed by atoms with Gasteiger partial charge in [0.2, 0.25) is 5.91 Å². The lowest BCUT2D eigenvalue weighted by molar-refractivity contribution is -0.120. The molecule has 0 aromatic carbocycles. The van der Waals surface area contributed by atoms with Gasteiger partial charge in [-0.15, -0.1) is 0 Å². The van der Waals surface area contributed by atoms with Gasteiger partial charge >= 0.3 is 0 Å². The van der Waals surface area contributed by atoms with Crippen LogP contribution < -0.4 is 10.6 Å². The van der Waals surface area contributed by atoms with E-state index in [2.05, 4.69) is 42.7 Å². The summed E-state index contributed by atoms with van der Waals surface area (Å²) in [4.78, 5) is 37.6. The van der Waals surface area contributed by atoms with Crippen molar-refractivity contribution in [3.8, 4) is 0 Å². The third-order valence-corrected chi connectivity index (χ3v) is 9.42. The first kappa shape index (κ1) is 24.1. The second-order valence-electron chi connectivity index (χ2n) is 11.3. The Hall–Kier alpha value is -2.63. The highest BCUT2D eigenvalue weighted by atomic mass is 16.3.